The molecule has 0 spiro atoms. The maximum absolute atomic E-state index is 11.9. The number of rotatable bonds is 2. The Morgan fingerprint density at radius 1 is 1.42 bits per heavy atom. The van der Waals surface area contributed by atoms with Crippen molar-refractivity contribution in [3.8, 4) is 6.07 Å². The number of carbonyl (C=O) groups is 1. The minimum atomic E-state index is -0.249. The predicted molar refractivity (Wildman–Crippen MR) is 72.2 cm³/mol. The molecular weight excluding hydrogens is 240 g/mol. The van der Waals surface area contributed by atoms with Crippen molar-refractivity contribution < 1.29 is 9.53 Å². The molecule has 0 N–H and O–H groups in total. The van der Waals surface area contributed by atoms with Crippen LogP contribution in [0.4, 0.5) is 4.79 Å². The molecule has 0 aromatic rings. The number of nitrogens with zero attached hydrogens (tertiary/aromatic N) is 2. The first-order chi connectivity index (χ1) is 8.95. The molecule has 1 fully saturated rings. The van der Waals surface area contributed by atoms with E-state index < -0.39 is 0 Å². The molecule has 2 rings (SSSR count). The van der Waals surface area contributed by atoms with Crippen LogP contribution >= 0.6 is 0 Å². The minimum Gasteiger partial charge on any atom is -0.443 e. The lowest BCUT2D eigenvalue weighted by Gasteiger charge is -2.30. The average molecular weight is 260 g/mol. The highest BCUT2D eigenvalue weighted by Crippen LogP contribution is 2.34. The Kier molecular flexibility index (Phi) is 3.66. The molecule has 1 heterocycles. The summed E-state index contributed by atoms with van der Waals surface area (Å²) in [7, 11) is 0. The van der Waals surface area contributed by atoms with Gasteiger partial charge >= 0.3 is 6.09 Å². The maximum atomic E-state index is 11.9. The van der Waals surface area contributed by atoms with Crippen molar-refractivity contribution in [2.45, 2.75) is 45.9 Å². The molecule has 19 heavy (non-hydrogen) atoms. The first kappa shape index (κ1) is 13.7. The molecule has 4 heteroatoms. The standard InChI is InChI=1S/C15H20N2O2/c1-9(2)17-11(4)14(19-15(17)18)13-7-12(8-16)6-5-10(13)3/h5-7,9-11,13-14H,1-4H3/t10?,11-,13?,14-/m0/s1. The van der Waals surface area contributed by atoms with Crippen molar-refractivity contribution in [1.82, 2.24) is 4.90 Å². The summed E-state index contributed by atoms with van der Waals surface area (Å²) in [6, 6.07) is 2.31. The van der Waals surface area contributed by atoms with Crippen LogP contribution in [-0.4, -0.2) is 29.2 Å². The molecule has 1 saturated heterocycles. The number of allylic oxidation sites excluding steroid dienone is 3. The number of cyclic esters (lactones) is 1. The second kappa shape index (κ2) is 5.08. The molecule has 0 radical (unpaired) electrons. The average Bonchev–Trinajstić information content (AvgIpc) is 2.65. The summed E-state index contributed by atoms with van der Waals surface area (Å²) in [5, 5.41) is 9.01. The van der Waals surface area contributed by atoms with Gasteiger partial charge in [-0.1, -0.05) is 19.1 Å². The zero-order chi connectivity index (χ0) is 14.2. The molecule has 2 aliphatic rings. The van der Waals surface area contributed by atoms with E-state index in [4.69, 9.17) is 10.00 Å². The van der Waals surface area contributed by atoms with Crippen LogP contribution in [0, 0.1) is 23.2 Å². The highest BCUT2D eigenvalue weighted by atomic mass is 16.6. The molecule has 4 nitrogen and oxygen atoms in total. The monoisotopic (exact) mass is 260 g/mol. The summed E-state index contributed by atoms with van der Waals surface area (Å²) in [6.45, 7) is 8.08. The minimum absolute atomic E-state index is 0.0302. The van der Waals surface area contributed by atoms with E-state index in [1.165, 1.54) is 0 Å². The fourth-order valence-corrected chi connectivity index (χ4v) is 2.95. The van der Waals surface area contributed by atoms with E-state index in [0.29, 0.717) is 5.57 Å². The molecule has 0 bridgehead atoms. The van der Waals surface area contributed by atoms with E-state index >= 15 is 0 Å². The Morgan fingerprint density at radius 3 is 2.63 bits per heavy atom. The topological polar surface area (TPSA) is 53.3 Å². The number of ether oxygens (including phenoxy) is 1. The lowest BCUT2D eigenvalue weighted by molar-refractivity contribution is 0.0961. The van der Waals surface area contributed by atoms with Gasteiger partial charge in [-0.25, -0.2) is 4.79 Å². The quantitative estimate of drug-likeness (QED) is 0.767. The van der Waals surface area contributed by atoms with Crippen LogP contribution in [0.2, 0.25) is 0 Å². The van der Waals surface area contributed by atoms with Gasteiger partial charge in [0.1, 0.15) is 6.10 Å². The van der Waals surface area contributed by atoms with Gasteiger partial charge in [-0.15, -0.1) is 0 Å². The normalized spacial score (nSPS) is 34.2. The van der Waals surface area contributed by atoms with Gasteiger partial charge in [-0.05, 0) is 32.8 Å². The number of nitriles is 1. The van der Waals surface area contributed by atoms with Crippen molar-refractivity contribution in [2.75, 3.05) is 0 Å². The Labute approximate surface area is 114 Å². The highest BCUT2D eigenvalue weighted by Gasteiger charge is 2.45. The van der Waals surface area contributed by atoms with Gasteiger partial charge < -0.3 is 4.74 Å². The van der Waals surface area contributed by atoms with E-state index in [2.05, 4.69) is 13.0 Å². The molecule has 1 aliphatic heterocycles. The van der Waals surface area contributed by atoms with E-state index in [9.17, 15) is 4.79 Å². The van der Waals surface area contributed by atoms with Crippen molar-refractivity contribution in [2.24, 2.45) is 11.8 Å². The van der Waals surface area contributed by atoms with Crippen molar-refractivity contribution in [3.63, 3.8) is 0 Å². The Hall–Kier alpha value is -1.76. The lowest BCUT2D eigenvalue weighted by Crippen LogP contribution is -2.42. The molecule has 1 aliphatic carbocycles. The van der Waals surface area contributed by atoms with Crippen LogP contribution in [0.15, 0.2) is 23.8 Å². The zero-order valence-electron chi connectivity index (χ0n) is 11.8. The SMILES string of the molecule is CC1C=CC(C#N)=CC1[C@H]1OC(=O)N(C(C)C)[C@H]1C. The summed E-state index contributed by atoms with van der Waals surface area (Å²) in [6.07, 6.45) is 5.35. The largest absolute Gasteiger partial charge is 0.443 e. The van der Waals surface area contributed by atoms with Crippen LogP contribution in [-0.2, 0) is 4.74 Å². The lowest BCUT2D eigenvalue weighted by atomic mass is 9.81. The smallest absolute Gasteiger partial charge is 0.410 e. The predicted octanol–water partition coefficient (Wildman–Crippen LogP) is 2.88. The summed E-state index contributed by atoms with van der Waals surface area (Å²) in [5.74, 6) is 0.340. The molecule has 0 aromatic heterocycles. The van der Waals surface area contributed by atoms with Crippen molar-refractivity contribution >= 4 is 6.09 Å². The van der Waals surface area contributed by atoms with Crippen LogP contribution in [0.1, 0.15) is 27.7 Å². The van der Waals surface area contributed by atoms with E-state index in [0.717, 1.165) is 0 Å². The van der Waals surface area contributed by atoms with Crippen LogP contribution in [0.3, 0.4) is 0 Å². The van der Waals surface area contributed by atoms with Crippen LogP contribution in [0.5, 0.6) is 0 Å². The van der Waals surface area contributed by atoms with Gasteiger partial charge in [-0.3, -0.25) is 4.90 Å². The molecule has 2 unspecified atom stereocenters. The fourth-order valence-electron chi connectivity index (χ4n) is 2.95. The van der Waals surface area contributed by atoms with Gasteiger partial charge in [-0.2, -0.15) is 5.26 Å². The Balaban J connectivity index is 2.24. The summed E-state index contributed by atoms with van der Waals surface area (Å²) in [5.41, 5.74) is 0.648. The molecular formula is C15H20N2O2. The number of carbonyl (C=O) groups excluding carboxylic acids is 1. The molecule has 0 aromatic carbocycles. The second-order valence-corrected chi connectivity index (χ2v) is 5.62. The number of amides is 1. The van der Waals surface area contributed by atoms with Gasteiger partial charge in [0.25, 0.3) is 0 Å². The summed E-state index contributed by atoms with van der Waals surface area (Å²) >= 11 is 0. The third kappa shape index (κ3) is 2.37. The molecule has 0 saturated carbocycles. The van der Waals surface area contributed by atoms with Gasteiger partial charge in [0.15, 0.2) is 0 Å². The van der Waals surface area contributed by atoms with Crippen LogP contribution < -0.4 is 0 Å². The van der Waals surface area contributed by atoms with Gasteiger partial charge in [0, 0.05) is 17.5 Å². The van der Waals surface area contributed by atoms with Crippen LogP contribution in [0.25, 0.3) is 0 Å². The zero-order valence-corrected chi connectivity index (χ0v) is 11.8. The van der Waals surface area contributed by atoms with E-state index in [1.54, 1.807) is 4.90 Å². The van der Waals surface area contributed by atoms with Gasteiger partial charge in [0.2, 0.25) is 0 Å². The Bertz CT molecular complexity index is 473. The summed E-state index contributed by atoms with van der Waals surface area (Å²) < 4.78 is 5.55. The maximum Gasteiger partial charge on any atom is 0.410 e. The second-order valence-electron chi connectivity index (χ2n) is 5.62. The third-order valence-electron chi connectivity index (χ3n) is 3.99. The fraction of sp³-hybridized carbons (Fsp3) is 0.600. The van der Waals surface area contributed by atoms with E-state index in [1.807, 2.05) is 39.0 Å². The molecule has 102 valence electrons. The van der Waals surface area contributed by atoms with Gasteiger partial charge in [0.05, 0.1) is 12.1 Å². The third-order valence-corrected chi connectivity index (χ3v) is 3.99. The highest BCUT2D eigenvalue weighted by molar-refractivity contribution is 5.71. The first-order valence-electron chi connectivity index (χ1n) is 6.74. The summed E-state index contributed by atoms with van der Waals surface area (Å²) in [4.78, 5) is 13.7. The first-order valence-corrected chi connectivity index (χ1v) is 6.74. The molecule has 1 amide bonds. The van der Waals surface area contributed by atoms with Crippen molar-refractivity contribution in [3.05, 3.63) is 23.8 Å². The number of hydrogen-bond donors (Lipinski definition) is 0. The Morgan fingerprint density at radius 2 is 2.11 bits per heavy atom. The van der Waals surface area contributed by atoms with Crippen molar-refractivity contribution in [1.29, 1.82) is 5.26 Å². The molecule has 4 atom stereocenters. The number of hydrogen-bond acceptors (Lipinski definition) is 3. The van der Waals surface area contributed by atoms with E-state index in [-0.39, 0.29) is 36.1 Å².